The summed E-state index contributed by atoms with van der Waals surface area (Å²) in [6.07, 6.45) is 4.07. The molecule has 1 aromatic carbocycles. The van der Waals surface area contributed by atoms with Crippen LogP contribution in [0.5, 0.6) is 0 Å². The average molecular weight is 464 g/mol. The molecule has 0 aliphatic carbocycles. The quantitative estimate of drug-likeness (QED) is 0.559. The molecule has 0 radical (unpaired) electrons. The molecule has 5 rings (SSSR count). The second kappa shape index (κ2) is 8.69. The summed E-state index contributed by atoms with van der Waals surface area (Å²) in [6, 6.07) is 4.33. The van der Waals surface area contributed by atoms with Crippen molar-refractivity contribution >= 4 is 23.5 Å². The van der Waals surface area contributed by atoms with E-state index in [9.17, 15) is 14.4 Å². The Hall–Kier alpha value is -3.51. The van der Waals surface area contributed by atoms with E-state index >= 15 is 4.39 Å². The molecule has 8 nitrogen and oxygen atoms in total. The van der Waals surface area contributed by atoms with Crippen LogP contribution >= 0.6 is 0 Å². The third-order valence-electron chi connectivity index (χ3n) is 7.22. The summed E-state index contributed by atoms with van der Waals surface area (Å²) in [7, 11) is 1.87. The van der Waals surface area contributed by atoms with Crippen LogP contribution in [0.15, 0.2) is 24.4 Å². The van der Waals surface area contributed by atoms with Gasteiger partial charge in [0.1, 0.15) is 11.9 Å². The Morgan fingerprint density at radius 2 is 1.91 bits per heavy atom. The molecule has 4 heterocycles. The maximum Gasteiger partial charge on any atom is 0.255 e. The first-order valence-electron chi connectivity index (χ1n) is 11.6. The predicted octanol–water partition coefficient (Wildman–Crippen LogP) is 2.86. The molecule has 0 bridgehead atoms. The van der Waals surface area contributed by atoms with Gasteiger partial charge in [0.15, 0.2) is 0 Å². The number of halogens is 1. The summed E-state index contributed by atoms with van der Waals surface area (Å²) in [4.78, 5) is 43.9. The van der Waals surface area contributed by atoms with Crippen LogP contribution in [0, 0.1) is 12.4 Å². The number of imide groups is 1. The Labute approximate surface area is 197 Å². The molecule has 3 aliphatic rings. The largest absolute Gasteiger partial charge is 0.364 e. The van der Waals surface area contributed by atoms with Crippen LogP contribution in [0.1, 0.15) is 58.6 Å². The van der Waals surface area contributed by atoms with Crippen molar-refractivity contribution in [3.05, 3.63) is 63.9 Å². The first kappa shape index (κ1) is 22.3. The molecule has 1 aromatic heterocycles. The minimum atomic E-state index is -0.700. The molecule has 2 saturated heterocycles. The molecular formula is C25H26FN5O3. The van der Waals surface area contributed by atoms with E-state index in [2.05, 4.69) is 15.1 Å². The Kier molecular flexibility index (Phi) is 5.70. The maximum atomic E-state index is 15.1. The molecule has 176 valence electrons. The van der Waals surface area contributed by atoms with Crippen LogP contribution in [-0.4, -0.2) is 51.2 Å². The van der Waals surface area contributed by atoms with Crippen molar-refractivity contribution in [3.63, 3.8) is 0 Å². The van der Waals surface area contributed by atoms with Crippen molar-refractivity contribution in [2.24, 2.45) is 7.05 Å². The van der Waals surface area contributed by atoms with Crippen LogP contribution in [0.2, 0.25) is 0 Å². The number of fused-ring (bicyclic) bond motifs is 1. The molecule has 1 atom stereocenters. The van der Waals surface area contributed by atoms with Gasteiger partial charge in [-0.2, -0.15) is 0 Å². The van der Waals surface area contributed by atoms with Crippen LogP contribution in [-0.2, 0) is 29.7 Å². The number of hydrogen-bond donors (Lipinski definition) is 1. The number of hydrogen-bond acceptors (Lipinski definition) is 4. The Balaban J connectivity index is 1.26. The summed E-state index contributed by atoms with van der Waals surface area (Å²) in [5.41, 5.74) is 2.78. The number of carbonyl (C=O) groups excluding carboxylic acids is 3. The Bertz CT molecular complexity index is 1220. The molecule has 0 spiro atoms. The monoisotopic (exact) mass is 463 g/mol. The number of piperidine rings is 2. The summed E-state index contributed by atoms with van der Waals surface area (Å²) < 4.78 is 16.9. The number of nitrogens with one attached hydrogen (secondary N) is 1. The van der Waals surface area contributed by atoms with Crippen LogP contribution in [0.25, 0.3) is 4.85 Å². The van der Waals surface area contributed by atoms with Crippen molar-refractivity contribution in [3.8, 4) is 0 Å². The number of carbonyl (C=O) groups is 3. The van der Waals surface area contributed by atoms with Gasteiger partial charge in [0, 0.05) is 25.1 Å². The number of likely N-dealkylation sites (tertiary alicyclic amines) is 1. The van der Waals surface area contributed by atoms with Crippen molar-refractivity contribution in [1.82, 2.24) is 19.7 Å². The van der Waals surface area contributed by atoms with Gasteiger partial charge < -0.3 is 14.3 Å². The van der Waals surface area contributed by atoms with E-state index in [1.165, 1.54) is 11.0 Å². The van der Waals surface area contributed by atoms with Gasteiger partial charge in [-0.1, -0.05) is 12.6 Å². The van der Waals surface area contributed by atoms with Gasteiger partial charge in [0.2, 0.25) is 17.6 Å². The molecule has 3 aliphatic heterocycles. The smallest absolute Gasteiger partial charge is 0.255 e. The molecular weight excluding hydrogens is 437 g/mol. The second-order valence-corrected chi connectivity index (χ2v) is 9.41. The third-order valence-corrected chi connectivity index (χ3v) is 7.22. The zero-order chi connectivity index (χ0) is 24.0. The highest BCUT2D eigenvalue weighted by atomic mass is 19.1. The van der Waals surface area contributed by atoms with Gasteiger partial charge in [-0.05, 0) is 67.1 Å². The van der Waals surface area contributed by atoms with Crippen LogP contribution in [0.4, 0.5) is 10.2 Å². The number of amides is 3. The summed E-state index contributed by atoms with van der Waals surface area (Å²) in [6.45, 7) is 9.87. The predicted molar refractivity (Wildman–Crippen MR) is 121 cm³/mol. The van der Waals surface area contributed by atoms with E-state index in [-0.39, 0.29) is 42.9 Å². The van der Waals surface area contributed by atoms with Crippen molar-refractivity contribution < 1.29 is 18.8 Å². The number of aromatic nitrogens is 1. The third kappa shape index (κ3) is 3.99. The Morgan fingerprint density at radius 1 is 1.15 bits per heavy atom. The lowest BCUT2D eigenvalue weighted by Crippen LogP contribution is -2.52. The second-order valence-electron chi connectivity index (χ2n) is 9.41. The number of benzene rings is 1. The minimum absolute atomic E-state index is 0.0656. The minimum Gasteiger partial charge on any atom is -0.364 e. The zero-order valence-corrected chi connectivity index (χ0v) is 19.0. The van der Waals surface area contributed by atoms with E-state index < -0.39 is 11.9 Å². The van der Waals surface area contributed by atoms with Crippen molar-refractivity contribution in [2.75, 3.05) is 13.1 Å². The van der Waals surface area contributed by atoms with Crippen LogP contribution < -0.4 is 5.32 Å². The SMILES string of the molecule is [C-]#[N+]c1cc(CN2CCC(c3cc4c(cc3F)C(=O)N(C3CCC(=O)NC3=O)C4)CC2)cn1C. The van der Waals surface area contributed by atoms with Gasteiger partial charge in [-0.25, -0.2) is 4.39 Å². The zero-order valence-electron chi connectivity index (χ0n) is 19.0. The van der Waals surface area contributed by atoms with Crippen molar-refractivity contribution in [2.45, 2.75) is 50.7 Å². The fourth-order valence-electron chi connectivity index (χ4n) is 5.40. The molecule has 1 unspecified atom stereocenters. The molecule has 34 heavy (non-hydrogen) atoms. The van der Waals surface area contributed by atoms with E-state index in [1.54, 1.807) is 6.07 Å². The lowest BCUT2D eigenvalue weighted by molar-refractivity contribution is -0.136. The molecule has 3 amide bonds. The van der Waals surface area contributed by atoms with E-state index in [0.717, 1.165) is 43.6 Å². The summed E-state index contributed by atoms with van der Waals surface area (Å²) in [5, 5.41) is 2.29. The lowest BCUT2D eigenvalue weighted by atomic mass is 9.87. The first-order chi connectivity index (χ1) is 16.3. The standard InChI is InChI=1S/C25H26FN5O3/c1-27-22-9-15(12-29(22)2)13-30-7-5-16(6-8-30)18-10-17-14-31(25(34)19(17)11-20(18)26)21-3-4-23(32)28-24(21)33/h9-12,16,21H,3-8,13-14H2,2H3,(H,28,32,33). The van der Waals surface area contributed by atoms with E-state index in [0.29, 0.717) is 16.9 Å². The number of nitrogens with zero attached hydrogens (tertiary/aromatic N) is 4. The van der Waals surface area contributed by atoms with Gasteiger partial charge in [0.05, 0.1) is 13.2 Å². The fraction of sp³-hybridized carbons (Fsp3) is 0.440. The van der Waals surface area contributed by atoms with Gasteiger partial charge >= 0.3 is 0 Å². The number of aryl methyl sites for hydroxylation is 1. The van der Waals surface area contributed by atoms with Crippen LogP contribution in [0.3, 0.4) is 0 Å². The summed E-state index contributed by atoms with van der Waals surface area (Å²) in [5.74, 6) is -0.842. The summed E-state index contributed by atoms with van der Waals surface area (Å²) >= 11 is 0. The molecule has 2 aromatic rings. The molecule has 2 fully saturated rings. The first-order valence-corrected chi connectivity index (χ1v) is 11.6. The van der Waals surface area contributed by atoms with Gasteiger partial charge in [-0.3, -0.25) is 24.6 Å². The van der Waals surface area contributed by atoms with Crippen molar-refractivity contribution in [1.29, 1.82) is 0 Å². The average Bonchev–Trinajstić information content (AvgIpc) is 3.32. The highest BCUT2D eigenvalue weighted by Gasteiger charge is 2.40. The lowest BCUT2D eigenvalue weighted by Gasteiger charge is -2.32. The normalized spacial score (nSPS) is 21.5. The maximum absolute atomic E-state index is 15.1. The molecule has 9 heteroatoms. The Morgan fingerprint density at radius 3 is 2.59 bits per heavy atom. The molecule has 0 saturated carbocycles. The number of rotatable bonds is 4. The topological polar surface area (TPSA) is 79.0 Å². The van der Waals surface area contributed by atoms with E-state index in [1.807, 2.05) is 23.9 Å². The van der Waals surface area contributed by atoms with Gasteiger partial charge in [0.25, 0.3) is 5.91 Å². The molecule has 1 N–H and O–H groups in total. The highest BCUT2D eigenvalue weighted by Crippen LogP contribution is 2.35. The van der Waals surface area contributed by atoms with Gasteiger partial charge in [-0.15, -0.1) is 0 Å². The van der Waals surface area contributed by atoms with E-state index in [4.69, 9.17) is 6.57 Å². The fourth-order valence-corrected chi connectivity index (χ4v) is 5.40. The highest BCUT2D eigenvalue weighted by molar-refractivity contribution is 6.05.